The van der Waals surface area contributed by atoms with Crippen molar-refractivity contribution in [3.8, 4) is 17.1 Å². The lowest BCUT2D eigenvalue weighted by Crippen LogP contribution is -2.37. The van der Waals surface area contributed by atoms with Crippen LogP contribution in [0.3, 0.4) is 0 Å². The summed E-state index contributed by atoms with van der Waals surface area (Å²) in [6.07, 6.45) is 3.42. The highest BCUT2D eigenvalue weighted by Gasteiger charge is 2.34. The van der Waals surface area contributed by atoms with E-state index < -0.39 is 11.7 Å². The number of rotatable bonds is 6. The second kappa shape index (κ2) is 12.0. The van der Waals surface area contributed by atoms with Crippen LogP contribution in [0.4, 0.5) is 9.18 Å². The summed E-state index contributed by atoms with van der Waals surface area (Å²) in [4.78, 5) is 29.1. The van der Waals surface area contributed by atoms with Crippen LogP contribution >= 0.6 is 11.6 Å². The average Bonchev–Trinajstić information content (AvgIpc) is 3.52. The maximum absolute atomic E-state index is 14.4. The molecule has 0 aliphatic carbocycles. The van der Waals surface area contributed by atoms with Crippen molar-refractivity contribution < 1.29 is 28.3 Å². The van der Waals surface area contributed by atoms with Crippen molar-refractivity contribution in [1.82, 2.24) is 25.7 Å². The lowest BCUT2D eigenvalue weighted by molar-refractivity contribution is 0.0946. The Labute approximate surface area is 217 Å². The molecule has 1 aromatic heterocycles. The predicted octanol–water partition coefficient (Wildman–Crippen LogP) is 3.88. The van der Waals surface area contributed by atoms with Crippen molar-refractivity contribution in [2.45, 2.75) is 38.4 Å². The van der Waals surface area contributed by atoms with Gasteiger partial charge in [-0.1, -0.05) is 28.9 Å². The fourth-order valence-electron chi connectivity index (χ4n) is 4.05. The lowest BCUT2D eigenvalue weighted by Gasteiger charge is -2.25. The van der Waals surface area contributed by atoms with Crippen LogP contribution in [0, 0.1) is 5.82 Å². The van der Waals surface area contributed by atoms with E-state index in [9.17, 15) is 19.1 Å². The Bertz CT molecular complexity index is 1250. The molecule has 2 aromatic carbocycles. The summed E-state index contributed by atoms with van der Waals surface area (Å²) in [7, 11) is 1.71. The van der Waals surface area contributed by atoms with Crippen LogP contribution < -0.4 is 10.6 Å². The third kappa shape index (κ3) is 6.55. The van der Waals surface area contributed by atoms with Gasteiger partial charge in [0.2, 0.25) is 11.7 Å². The van der Waals surface area contributed by atoms with E-state index in [4.69, 9.17) is 20.9 Å². The average molecular weight is 532 g/mol. The largest absolute Gasteiger partial charge is 0.507 e. The summed E-state index contributed by atoms with van der Waals surface area (Å²) in [6.45, 7) is 2.06. The minimum absolute atomic E-state index is 0.0322. The first-order chi connectivity index (χ1) is 17.9. The number of hydrogen-bond donors (Lipinski definition) is 3. The quantitative estimate of drug-likeness (QED) is 0.437. The van der Waals surface area contributed by atoms with Gasteiger partial charge in [0.25, 0.3) is 5.91 Å². The van der Waals surface area contributed by atoms with Gasteiger partial charge in [-0.25, -0.2) is 9.18 Å². The van der Waals surface area contributed by atoms with Crippen LogP contribution in [0.5, 0.6) is 5.75 Å². The van der Waals surface area contributed by atoms with Crippen molar-refractivity contribution in [2.24, 2.45) is 0 Å². The number of amides is 2. The summed E-state index contributed by atoms with van der Waals surface area (Å²) in [6, 6.07) is 9.32. The number of nitrogens with one attached hydrogen (secondary N) is 2. The zero-order chi connectivity index (χ0) is 26.4. The van der Waals surface area contributed by atoms with Crippen LogP contribution in [0.15, 0.2) is 40.9 Å². The molecule has 1 unspecified atom stereocenters. The second-order valence-corrected chi connectivity index (χ2v) is 9.06. The van der Waals surface area contributed by atoms with Gasteiger partial charge in [-0.2, -0.15) is 4.98 Å². The van der Waals surface area contributed by atoms with Crippen molar-refractivity contribution in [2.75, 3.05) is 20.2 Å². The smallest absolute Gasteiger partial charge is 0.410 e. The molecular weight excluding hydrogens is 505 g/mol. The first kappa shape index (κ1) is 26.4. The lowest BCUT2D eigenvalue weighted by atomic mass is 10.0. The van der Waals surface area contributed by atoms with E-state index in [0.29, 0.717) is 24.2 Å². The Kier molecular flexibility index (Phi) is 8.57. The van der Waals surface area contributed by atoms with E-state index in [1.807, 2.05) is 4.90 Å². The normalized spacial score (nSPS) is 16.5. The highest BCUT2D eigenvalue weighted by Crippen LogP contribution is 2.30. The second-order valence-electron chi connectivity index (χ2n) is 8.62. The molecule has 5 rings (SSSR count). The Balaban J connectivity index is 0.000000265. The van der Waals surface area contributed by atoms with Gasteiger partial charge in [-0.3, -0.25) is 4.79 Å². The Morgan fingerprint density at radius 1 is 1.24 bits per heavy atom. The van der Waals surface area contributed by atoms with Gasteiger partial charge in [-0.15, -0.1) is 0 Å². The van der Waals surface area contributed by atoms with Crippen LogP contribution in [0.25, 0.3) is 11.4 Å². The molecule has 3 heterocycles. The Morgan fingerprint density at radius 3 is 2.76 bits per heavy atom. The predicted molar refractivity (Wildman–Crippen MR) is 132 cm³/mol. The van der Waals surface area contributed by atoms with E-state index in [-0.39, 0.29) is 41.2 Å². The third-order valence-corrected chi connectivity index (χ3v) is 6.25. The molecule has 10 nitrogen and oxygen atoms in total. The molecule has 2 aliphatic heterocycles. The van der Waals surface area contributed by atoms with Gasteiger partial charge in [0.15, 0.2) is 0 Å². The molecule has 2 fully saturated rings. The first-order valence-electron chi connectivity index (χ1n) is 11.8. The fourth-order valence-corrected chi connectivity index (χ4v) is 4.17. The van der Waals surface area contributed by atoms with Crippen molar-refractivity contribution >= 4 is 23.6 Å². The molecular formula is C25H27ClFN5O5. The van der Waals surface area contributed by atoms with E-state index in [2.05, 4.69) is 20.8 Å². The monoisotopic (exact) mass is 531 g/mol. The van der Waals surface area contributed by atoms with Gasteiger partial charge in [0.1, 0.15) is 18.2 Å². The van der Waals surface area contributed by atoms with Gasteiger partial charge in [0, 0.05) is 18.1 Å². The topological polar surface area (TPSA) is 130 Å². The SMILES string of the molecule is CNCc1nc(-c2cc(F)c(C(=O)NCc3ccc(Cl)cc3)cc2O)no1.O=C1OCC2CCCCN12. The number of phenolic OH excluding ortho intramolecular Hbond substituents is 1. The summed E-state index contributed by atoms with van der Waals surface area (Å²) < 4.78 is 24.3. The number of hydrogen-bond acceptors (Lipinski definition) is 8. The Hall–Kier alpha value is -3.70. The van der Waals surface area contributed by atoms with Gasteiger partial charge in [-0.05, 0) is 56.1 Å². The number of carbonyl (C=O) groups excluding carboxylic acids is 2. The number of phenols is 1. The highest BCUT2D eigenvalue weighted by molar-refractivity contribution is 6.30. The van der Waals surface area contributed by atoms with E-state index >= 15 is 0 Å². The molecule has 196 valence electrons. The number of halogens is 2. The summed E-state index contributed by atoms with van der Waals surface area (Å²) in [5.41, 5.74) is 0.551. The maximum atomic E-state index is 14.4. The molecule has 12 heteroatoms. The maximum Gasteiger partial charge on any atom is 0.410 e. The molecule has 2 amide bonds. The van der Waals surface area contributed by atoms with Crippen molar-refractivity contribution in [1.29, 1.82) is 0 Å². The number of cyclic esters (lactones) is 1. The van der Waals surface area contributed by atoms with Gasteiger partial charge >= 0.3 is 6.09 Å². The number of carbonyl (C=O) groups is 2. The van der Waals surface area contributed by atoms with Crippen LogP contribution in [-0.2, 0) is 17.8 Å². The number of piperidine rings is 1. The molecule has 2 saturated heterocycles. The molecule has 37 heavy (non-hydrogen) atoms. The van der Waals surface area contributed by atoms with Crippen molar-refractivity contribution in [3.63, 3.8) is 0 Å². The zero-order valence-electron chi connectivity index (χ0n) is 20.2. The Morgan fingerprint density at radius 2 is 2.03 bits per heavy atom. The highest BCUT2D eigenvalue weighted by atomic mass is 35.5. The summed E-state index contributed by atoms with van der Waals surface area (Å²) >= 11 is 5.81. The van der Waals surface area contributed by atoms with Crippen molar-refractivity contribution in [3.05, 3.63) is 64.3 Å². The number of benzene rings is 2. The molecule has 0 radical (unpaired) electrons. The van der Waals surface area contributed by atoms with Gasteiger partial charge < -0.3 is 29.9 Å². The standard InChI is InChI=1S/C18H16ClFN4O3.C7H11NO2/c1-21-9-16-23-17(24-27-16)13-6-14(20)12(7-15(13)25)18(26)22-8-10-2-4-11(19)5-3-10;9-7-8-4-2-1-3-6(8)5-10-7/h2-7,21,25H,8-9H2,1H3,(H,22,26);6H,1-5H2. The fraction of sp³-hybridized carbons (Fsp3) is 0.360. The number of aromatic nitrogens is 2. The first-order valence-corrected chi connectivity index (χ1v) is 12.2. The number of fused-ring (bicyclic) bond motifs is 1. The van der Waals surface area contributed by atoms with E-state index in [0.717, 1.165) is 37.1 Å². The zero-order valence-corrected chi connectivity index (χ0v) is 20.9. The third-order valence-electron chi connectivity index (χ3n) is 5.99. The minimum Gasteiger partial charge on any atom is -0.507 e. The van der Waals surface area contributed by atoms with Gasteiger partial charge in [0.05, 0.1) is 23.7 Å². The van der Waals surface area contributed by atoms with E-state index in [1.54, 1.807) is 31.3 Å². The van der Waals surface area contributed by atoms with Crippen LogP contribution in [-0.4, -0.2) is 58.4 Å². The molecule has 0 spiro atoms. The van der Waals surface area contributed by atoms with E-state index in [1.165, 1.54) is 6.42 Å². The van der Waals surface area contributed by atoms with Crippen LogP contribution in [0.1, 0.15) is 41.1 Å². The molecule has 3 N–H and O–H groups in total. The number of nitrogens with zero attached hydrogens (tertiary/aromatic N) is 3. The summed E-state index contributed by atoms with van der Waals surface area (Å²) in [5.74, 6) is -1.48. The van der Waals surface area contributed by atoms with Crippen LogP contribution in [0.2, 0.25) is 5.02 Å². The minimum atomic E-state index is -0.809. The summed E-state index contributed by atoms with van der Waals surface area (Å²) in [5, 5.41) is 19.9. The molecule has 0 bridgehead atoms. The number of aromatic hydroxyl groups is 1. The molecule has 1 atom stereocenters. The molecule has 2 aliphatic rings. The molecule has 0 saturated carbocycles. The molecule has 3 aromatic rings. The number of ether oxygens (including phenoxy) is 1.